The van der Waals surface area contributed by atoms with Gasteiger partial charge in [0.25, 0.3) is 0 Å². The molecular weight excluding hydrogens is 211 g/mol. The number of thioether (sulfide) groups is 1. The van der Waals surface area contributed by atoms with Gasteiger partial charge in [-0.05, 0) is 43.7 Å². The van der Waals surface area contributed by atoms with E-state index < -0.39 is 0 Å². The van der Waals surface area contributed by atoms with Gasteiger partial charge in [0.2, 0.25) is 0 Å². The summed E-state index contributed by atoms with van der Waals surface area (Å²) in [4.78, 5) is 12.2. The molecule has 1 nitrogen and oxygen atoms in total. The van der Waals surface area contributed by atoms with E-state index in [4.69, 9.17) is 0 Å². The molecule has 15 heavy (non-hydrogen) atoms. The molecule has 0 atom stereocenters. The lowest BCUT2D eigenvalue weighted by Gasteiger charge is -2.08. The van der Waals surface area contributed by atoms with Crippen molar-refractivity contribution in [1.82, 2.24) is 0 Å². The molecule has 0 fully saturated rings. The molecule has 0 N–H and O–H groups in total. The normalized spacial score (nSPS) is 10.4. The van der Waals surface area contributed by atoms with Crippen LogP contribution in [0.5, 0.6) is 0 Å². The zero-order chi connectivity index (χ0) is 11.4. The maximum Gasteiger partial charge on any atom is 0.161 e. The van der Waals surface area contributed by atoms with Gasteiger partial charge in [-0.25, -0.2) is 4.39 Å². The molecule has 1 rings (SSSR count). The van der Waals surface area contributed by atoms with Crippen LogP contribution in [0.3, 0.4) is 0 Å². The molecule has 0 aliphatic rings. The van der Waals surface area contributed by atoms with E-state index in [0.717, 1.165) is 17.1 Å². The molecule has 1 aromatic carbocycles. The Labute approximate surface area is 94.1 Å². The number of halogens is 1. The van der Waals surface area contributed by atoms with Crippen LogP contribution >= 0.6 is 11.8 Å². The number of benzene rings is 1. The average molecular weight is 226 g/mol. The highest BCUT2D eigenvalue weighted by molar-refractivity contribution is 7.99. The Bertz CT molecular complexity index is 374. The lowest BCUT2D eigenvalue weighted by atomic mass is 10.1. The fraction of sp³-hybridized carbons (Fsp3) is 0.417. The third kappa shape index (κ3) is 3.06. The van der Waals surface area contributed by atoms with Crippen molar-refractivity contribution in [2.45, 2.75) is 32.1 Å². The van der Waals surface area contributed by atoms with Crippen LogP contribution < -0.4 is 0 Å². The third-order valence-corrected chi connectivity index (χ3v) is 3.36. The Kier molecular flexibility index (Phi) is 4.33. The minimum atomic E-state index is -0.305. The van der Waals surface area contributed by atoms with Gasteiger partial charge in [0.1, 0.15) is 5.82 Å². The Morgan fingerprint density at radius 2 is 2.13 bits per heavy atom. The van der Waals surface area contributed by atoms with Gasteiger partial charge in [-0.15, -0.1) is 11.8 Å². The van der Waals surface area contributed by atoms with Crippen LogP contribution in [0.15, 0.2) is 17.0 Å². The number of Topliss-reactive ketones (excluding diaryl/α,β-unsaturated/α-hetero) is 1. The van der Waals surface area contributed by atoms with E-state index >= 15 is 0 Å². The smallest absolute Gasteiger partial charge is 0.161 e. The van der Waals surface area contributed by atoms with Crippen LogP contribution in [0.25, 0.3) is 0 Å². The van der Waals surface area contributed by atoms with Crippen molar-refractivity contribution in [2.24, 2.45) is 0 Å². The summed E-state index contributed by atoms with van der Waals surface area (Å²) >= 11 is 1.61. The summed E-state index contributed by atoms with van der Waals surface area (Å²) in [6.45, 7) is 5.27. The standard InChI is InChI=1S/C12H15FOS/c1-4-5-15-12-6-8(2)11(13)7-10(12)9(3)14/h6-7H,4-5H2,1-3H3. The maximum atomic E-state index is 13.3. The van der Waals surface area contributed by atoms with E-state index in [2.05, 4.69) is 6.92 Å². The second kappa shape index (κ2) is 5.31. The minimum absolute atomic E-state index is 0.0764. The van der Waals surface area contributed by atoms with Crippen LogP contribution in [0.1, 0.15) is 36.2 Å². The summed E-state index contributed by atoms with van der Waals surface area (Å²) in [5.74, 6) is 0.569. The largest absolute Gasteiger partial charge is 0.294 e. The molecule has 3 heteroatoms. The van der Waals surface area contributed by atoms with E-state index in [1.54, 1.807) is 24.8 Å². The van der Waals surface area contributed by atoms with E-state index in [9.17, 15) is 9.18 Å². The number of carbonyl (C=O) groups is 1. The monoisotopic (exact) mass is 226 g/mol. The summed E-state index contributed by atoms with van der Waals surface area (Å²) in [6, 6.07) is 3.10. The van der Waals surface area contributed by atoms with Crippen LogP contribution in [0, 0.1) is 12.7 Å². The van der Waals surface area contributed by atoms with E-state index in [1.165, 1.54) is 13.0 Å². The first-order valence-electron chi connectivity index (χ1n) is 5.00. The molecule has 0 spiro atoms. The first-order chi connectivity index (χ1) is 7.06. The summed E-state index contributed by atoms with van der Waals surface area (Å²) < 4.78 is 13.3. The zero-order valence-corrected chi connectivity index (χ0v) is 10.1. The van der Waals surface area contributed by atoms with E-state index in [1.807, 2.05) is 0 Å². The zero-order valence-electron chi connectivity index (χ0n) is 9.26. The Morgan fingerprint density at radius 3 is 2.67 bits per heavy atom. The van der Waals surface area contributed by atoms with Crippen molar-refractivity contribution in [2.75, 3.05) is 5.75 Å². The minimum Gasteiger partial charge on any atom is -0.294 e. The van der Waals surface area contributed by atoms with E-state index in [0.29, 0.717) is 11.1 Å². The Hall–Kier alpha value is -0.830. The van der Waals surface area contributed by atoms with Gasteiger partial charge >= 0.3 is 0 Å². The number of ketones is 1. The molecule has 0 aromatic heterocycles. The highest BCUT2D eigenvalue weighted by atomic mass is 32.2. The van der Waals surface area contributed by atoms with Gasteiger partial charge in [-0.3, -0.25) is 4.79 Å². The molecule has 0 saturated carbocycles. The average Bonchev–Trinajstić information content (AvgIpc) is 2.19. The molecule has 0 radical (unpaired) electrons. The van der Waals surface area contributed by atoms with Crippen molar-refractivity contribution in [3.05, 3.63) is 29.1 Å². The first kappa shape index (κ1) is 12.2. The van der Waals surface area contributed by atoms with Crippen molar-refractivity contribution < 1.29 is 9.18 Å². The second-order valence-corrected chi connectivity index (χ2v) is 4.64. The van der Waals surface area contributed by atoms with Gasteiger partial charge in [0, 0.05) is 10.5 Å². The first-order valence-corrected chi connectivity index (χ1v) is 5.98. The lowest BCUT2D eigenvalue weighted by Crippen LogP contribution is -1.98. The van der Waals surface area contributed by atoms with Gasteiger partial charge in [0.15, 0.2) is 5.78 Å². The van der Waals surface area contributed by atoms with Crippen molar-refractivity contribution in [1.29, 1.82) is 0 Å². The molecule has 0 aliphatic heterocycles. The Balaban J connectivity index is 3.10. The summed E-state index contributed by atoms with van der Waals surface area (Å²) in [5, 5.41) is 0. The van der Waals surface area contributed by atoms with Crippen molar-refractivity contribution in [3.8, 4) is 0 Å². The molecule has 0 saturated heterocycles. The molecule has 0 heterocycles. The number of aryl methyl sites for hydroxylation is 1. The van der Waals surface area contributed by atoms with Gasteiger partial charge in [-0.2, -0.15) is 0 Å². The predicted molar refractivity (Wildman–Crippen MR) is 62.2 cm³/mol. The molecule has 0 amide bonds. The SMILES string of the molecule is CCCSc1cc(C)c(F)cc1C(C)=O. The third-order valence-electron chi connectivity index (χ3n) is 2.10. The number of rotatable bonds is 4. The lowest BCUT2D eigenvalue weighted by molar-refractivity contribution is 0.101. The fourth-order valence-corrected chi connectivity index (χ4v) is 2.30. The topological polar surface area (TPSA) is 17.1 Å². The van der Waals surface area contributed by atoms with Crippen LogP contribution in [-0.4, -0.2) is 11.5 Å². The van der Waals surface area contributed by atoms with Gasteiger partial charge < -0.3 is 0 Å². The van der Waals surface area contributed by atoms with Crippen molar-refractivity contribution >= 4 is 17.5 Å². The number of hydrogen-bond acceptors (Lipinski definition) is 2. The Morgan fingerprint density at radius 1 is 1.47 bits per heavy atom. The van der Waals surface area contributed by atoms with E-state index in [-0.39, 0.29) is 11.6 Å². The van der Waals surface area contributed by atoms with Crippen LogP contribution in [0.4, 0.5) is 4.39 Å². The summed E-state index contributed by atoms with van der Waals surface area (Å²) in [5.41, 5.74) is 1.09. The highest BCUT2D eigenvalue weighted by Gasteiger charge is 2.11. The molecular formula is C12H15FOS. The number of hydrogen-bond donors (Lipinski definition) is 0. The molecule has 0 aliphatic carbocycles. The predicted octanol–water partition coefficient (Wildman–Crippen LogP) is 3.84. The number of carbonyl (C=O) groups excluding carboxylic acids is 1. The molecule has 1 aromatic rings. The summed E-state index contributed by atoms with van der Waals surface area (Å²) in [6.07, 6.45) is 1.04. The second-order valence-electron chi connectivity index (χ2n) is 3.50. The highest BCUT2D eigenvalue weighted by Crippen LogP contribution is 2.26. The molecule has 0 bridgehead atoms. The maximum absolute atomic E-state index is 13.3. The van der Waals surface area contributed by atoms with Crippen molar-refractivity contribution in [3.63, 3.8) is 0 Å². The molecule has 0 unspecified atom stereocenters. The van der Waals surface area contributed by atoms with Gasteiger partial charge in [-0.1, -0.05) is 6.92 Å². The summed E-state index contributed by atoms with van der Waals surface area (Å²) in [7, 11) is 0. The quantitative estimate of drug-likeness (QED) is 0.573. The van der Waals surface area contributed by atoms with Gasteiger partial charge in [0.05, 0.1) is 0 Å². The molecule has 82 valence electrons. The van der Waals surface area contributed by atoms with Crippen LogP contribution in [0.2, 0.25) is 0 Å². The van der Waals surface area contributed by atoms with Crippen LogP contribution in [-0.2, 0) is 0 Å². The fourth-order valence-electron chi connectivity index (χ4n) is 1.26.